The van der Waals surface area contributed by atoms with Crippen molar-refractivity contribution < 1.29 is 9.90 Å². The molecule has 0 spiro atoms. The Balaban J connectivity index is 2.50. The molecule has 0 aliphatic heterocycles. The molecule has 0 aliphatic rings. The molecule has 3 N–H and O–H groups in total. The maximum absolute atomic E-state index is 11.1. The van der Waals surface area contributed by atoms with Gasteiger partial charge in [0, 0.05) is 13.6 Å². The van der Waals surface area contributed by atoms with Crippen molar-refractivity contribution >= 4 is 5.97 Å². The summed E-state index contributed by atoms with van der Waals surface area (Å²) in [5, 5.41) is 16.7. The Kier molecular flexibility index (Phi) is 3.38. The Morgan fingerprint density at radius 1 is 1.56 bits per heavy atom. The van der Waals surface area contributed by atoms with Crippen LogP contribution in [0.1, 0.15) is 16.9 Å². The van der Waals surface area contributed by atoms with Crippen LogP contribution in [0.3, 0.4) is 0 Å². The van der Waals surface area contributed by atoms with Crippen molar-refractivity contribution in [1.82, 2.24) is 24.5 Å². The molecule has 96 valence electrons. The molecule has 0 aromatic carbocycles. The largest absolute Gasteiger partial charge is 0.476 e. The lowest BCUT2D eigenvalue weighted by atomic mass is 10.2. The van der Waals surface area contributed by atoms with Gasteiger partial charge in [0.1, 0.15) is 5.69 Å². The van der Waals surface area contributed by atoms with E-state index in [1.807, 2.05) is 0 Å². The normalized spacial score (nSPS) is 10.8. The minimum absolute atomic E-state index is 0.0735. The molecule has 0 aliphatic carbocycles. The summed E-state index contributed by atoms with van der Waals surface area (Å²) < 4.78 is 3.28. The van der Waals surface area contributed by atoms with E-state index in [-0.39, 0.29) is 5.69 Å². The molecule has 2 rings (SSSR count). The van der Waals surface area contributed by atoms with E-state index in [2.05, 4.69) is 15.3 Å². The molecule has 0 atom stereocenters. The minimum Gasteiger partial charge on any atom is -0.476 e. The third kappa shape index (κ3) is 2.09. The third-order valence-electron chi connectivity index (χ3n) is 2.57. The summed E-state index contributed by atoms with van der Waals surface area (Å²) in [6.07, 6.45) is 3.89. The smallest absolute Gasteiger partial charge is 0.358 e. The second-order valence-corrected chi connectivity index (χ2v) is 3.85. The standard InChI is InChI=1S/C10H14N6O2/c1-15-6-12-5-7(15)9-8(10(17)18)13-14-16(9)4-2-3-11/h5-6H,2-4,11H2,1H3,(H,17,18). The molecule has 0 bridgehead atoms. The summed E-state index contributed by atoms with van der Waals surface area (Å²) in [4.78, 5) is 15.1. The number of carboxylic acid groups (broad SMARTS) is 1. The lowest BCUT2D eigenvalue weighted by Gasteiger charge is -2.06. The summed E-state index contributed by atoms with van der Waals surface area (Å²) in [6.45, 7) is 1.03. The fraction of sp³-hybridized carbons (Fsp3) is 0.400. The van der Waals surface area contributed by atoms with Crippen LogP contribution in [-0.2, 0) is 13.6 Å². The van der Waals surface area contributed by atoms with Crippen LogP contribution in [0, 0.1) is 0 Å². The molecule has 8 nitrogen and oxygen atoms in total. The number of aromatic carboxylic acids is 1. The zero-order chi connectivity index (χ0) is 13.1. The second kappa shape index (κ2) is 4.96. The second-order valence-electron chi connectivity index (χ2n) is 3.85. The van der Waals surface area contributed by atoms with Crippen LogP contribution < -0.4 is 5.73 Å². The number of nitrogens with zero attached hydrogens (tertiary/aromatic N) is 5. The van der Waals surface area contributed by atoms with Crippen LogP contribution in [0.5, 0.6) is 0 Å². The topological polar surface area (TPSA) is 112 Å². The number of hydrogen-bond acceptors (Lipinski definition) is 5. The van der Waals surface area contributed by atoms with Gasteiger partial charge in [-0.15, -0.1) is 5.10 Å². The highest BCUT2D eigenvalue weighted by Crippen LogP contribution is 2.21. The predicted octanol–water partition coefficient (Wildman–Crippen LogP) is -0.274. The summed E-state index contributed by atoms with van der Waals surface area (Å²) >= 11 is 0. The number of hydrogen-bond donors (Lipinski definition) is 2. The maximum Gasteiger partial charge on any atom is 0.358 e. The van der Waals surface area contributed by atoms with Gasteiger partial charge in [0.2, 0.25) is 0 Å². The summed E-state index contributed by atoms with van der Waals surface area (Å²) in [5.41, 5.74) is 6.49. The Hall–Kier alpha value is -2.22. The first-order valence-corrected chi connectivity index (χ1v) is 5.48. The van der Waals surface area contributed by atoms with Crippen LogP contribution in [0.25, 0.3) is 11.4 Å². The molecule has 0 unspecified atom stereocenters. The van der Waals surface area contributed by atoms with Gasteiger partial charge in [0.25, 0.3) is 0 Å². The highest BCUT2D eigenvalue weighted by molar-refractivity contribution is 5.92. The van der Waals surface area contributed by atoms with E-state index in [1.54, 1.807) is 28.8 Å². The van der Waals surface area contributed by atoms with Gasteiger partial charge < -0.3 is 15.4 Å². The molecule has 2 aromatic heterocycles. The number of imidazole rings is 1. The highest BCUT2D eigenvalue weighted by atomic mass is 16.4. The molecular weight excluding hydrogens is 236 g/mol. The molecular formula is C10H14N6O2. The SMILES string of the molecule is Cn1cncc1-c1c(C(=O)O)nnn1CCCN. The zero-order valence-corrected chi connectivity index (χ0v) is 9.94. The van der Waals surface area contributed by atoms with Crippen LogP contribution in [-0.4, -0.2) is 42.2 Å². The van der Waals surface area contributed by atoms with Gasteiger partial charge in [-0.05, 0) is 13.0 Å². The molecule has 0 radical (unpaired) electrons. The molecule has 18 heavy (non-hydrogen) atoms. The van der Waals surface area contributed by atoms with E-state index in [0.717, 1.165) is 0 Å². The monoisotopic (exact) mass is 250 g/mol. The first kappa shape index (κ1) is 12.2. The number of carboxylic acids is 1. The number of carbonyl (C=O) groups is 1. The number of aryl methyl sites for hydroxylation is 2. The number of aromatic nitrogens is 5. The lowest BCUT2D eigenvalue weighted by Crippen LogP contribution is -2.10. The van der Waals surface area contributed by atoms with Crippen molar-refractivity contribution in [1.29, 1.82) is 0 Å². The van der Waals surface area contributed by atoms with Gasteiger partial charge in [-0.2, -0.15) is 0 Å². The van der Waals surface area contributed by atoms with Gasteiger partial charge in [-0.25, -0.2) is 14.5 Å². The summed E-state index contributed by atoms with van der Waals surface area (Å²) in [5.74, 6) is -1.11. The first-order chi connectivity index (χ1) is 8.65. The molecule has 0 fully saturated rings. The summed E-state index contributed by atoms with van der Waals surface area (Å²) in [7, 11) is 1.79. The van der Waals surface area contributed by atoms with Crippen LogP contribution in [0.4, 0.5) is 0 Å². The van der Waals surface area contributed by atoms with Crippen molar-refractivity contribution in [2.24, 2.45) is 12.8 Å². The van der Waals surface area contributed by atoms with Crippen LogP contribution in [0.2, 0.25) is 0 Å². The quantitative estimate of drug-likeness (QED) is 0.755. The van der Waals surface area contributed by atoms with Gasteiger partial charge in [-0.1, -0.05) is 5.21 Å². The minimum atomic E-state index is -1.11. The van der Waals surface area contributed by atoms with Crippen molar-refractivity contribution in [3.63, 3.8) is 0 Å². The Labute approximate surface area is 103 Å². The Morgan fingerprint density at radius 3 is 2.89 bits per heavy atom. The molecule has 8 heteroatoms. The molecule has 2 aromatic rings. The van der Waals surface area contributed by atoms with E-state index in [0.29, 0.717) is 30.9 Å². The van der Waals surface area contributed by atoms with E-state index in [4.69, 9.17) is 10.8 Å². The van der Waals surface area contributed by atoms with E-state index < -0.39 is 5.97 Å². The van der Waals surface area contributed by atoms with Crippen molar-refractivity contribution in [3.8, 4) is 11.4 Å². The highest BCUT2D eigenvalue weighted by Gasteiger charge is 2.22. The van der Waals surface area contributed by atoms with Crippen LogP contribution in [0.15, 0.2) is 12.5 Å². The van der Waals surface area contributed by atoms with Gasteiger partial charge in [0.15, 0.2) is 5.69 Å². The molecule has 0 saturated carbocycles. The van der Waals surface area contributed by atoms with Crippen molar-refractivity contribution in [2.75, 3.05) is 6.54 Å². The molecule has 0 amide bonds. The van der Waals surface area contributed by atoms with Crippen LogP contribution >= 0.6 is 0 Å². The zero-order valence-electron chi connectivity index (χ0n) is 9.94. The van der Waals surface area contributed by atoms with Crippen molar-refractivity contribution in [2.45, 2.75) is 13.0 Å². The van der Waals surface area contributed by atoms with E-state index >= 15 is 0 Å². The molecule has 0 saturated heterocycles. The summed E-state index contributed by atoms with van der Waals surface area (Å²) in [6, 6.07) is 0. The average Bonchev–Trinajstić information content (AvgIpc) is 2.91. The van der Waals surface area contributed by atoms with E-state index in [9.17, 15) is 4.79 Å². The van der Waals surface area contributed by atoms with Gasteiger partial charge in [-0.3, -0.25) is 0 Å². The fourth-order valence-corrected chi connectivity index (χ4v) is 1.69. The average molecular weight is 250 g/mol. The van der Waals surface area contributed by atoms with Gasteiger partial charge in [0.05, 0.1) is 18.2 Å². The van der Waals surface area contributed by atoms with E-state index in [1.165, 1.54) is 0 Å². The van der Waals surface area contributed by atoms with Gasteiger partial charge >= 0.3 is 5.97 Å². The maximum atomic E-state index is 11.1. The number of nitrogens with two attached hydrogens (primary N) is 1. The van der Waals surface area contributed by atoms with Crippen molar-refractivity contribution in [3.05, 3.63) is 18.2 Å². The Bertz CT molecular complexity index is 558. The Morgan fingerprint density at radius 2 is 2.33 bits per heavy atom. The fourth-order valence-electron chi connectivity index (χ4n) is 1.69. The predicted molar refractivity (Wildman–Crippen MR) is 62.9 cm³/mol. The first-order valence-electron chi connectivity index (χ1n) is 5.48. The lowest BCUT2D eigenvalue weighted by molar-refractivity contribution is 0.0691. The number of rotatable bonds is 5. The molecule has 2 heterocycles. The third-order valence-corrected chi connectivity index (χ3v) is 2.57.